The van der Waals surface area contributed by atoms with Crippen molar-refractivity contribution in [3.63, 3.8) is 0 Å². The quantitative estimate of drug-likeness (QED) is 0.806. The zero-order valence-electron chi connectivity index (χ0n) is 11.0. The minimum absolute atomic E-state index is 0.873. The molecule has 0 N–H and O–H groups in total. The molecular weight excluding hydrogens is 258 g/mol. The van der Waals surface area contributed by atoms with Gasteiger partial charge in [-0.3, -0.25) is 4.99 Å². The first kappa shape index (κ1) is 12.3. The van der Waals surface area contributed by atoms with Crippen LogP contribution >= 0.6 is 11.8 Å². The predicted octanol–water partition coefficient (Wildman–Crippen LogP) is 2.76. The molecule has 19 heavy (non-hydrogen) atoms. The van der Waals surface area contributed by atoms with E-state index >= 15 is 0 Å². The van der Waals surface area contributed by atoms with Gasteiger partial charge >= 0.3 is 0 Å². The number of nitrogens with zero attached hydrogens (tertiary/aromatic N) is 3. The third-order valence-corrected chi connectivity index (χ3v) is 4.01. The predicted molar refractivity (Wildman–Crippen MR) is 77.8 cm³/mol. The molecule has 0 aliphatic carbocycles. The standard InChI is InChI=1S/C14H15N3OS/c1-17-7-6-15-14(17)10-3-4-11(13(9-10)19-2)12-5-8-18-16-12/h3-5,8-9H,6-7H2,1-2H3. The summed E-state index contributed by atoms with van der Waals surface area (Å²) in [7, 11) is 2.08. The van der Waals surface area contributed by atoms with Gasteiger partial charge in [-0.2, -0.15) is 0 Å². The Labute approximate surface area is 116 Å². The van der Waals surface area contributed by atoms with E-state index in [9.17, 15) is 0 Å². The summed E-state index contributed by atoms with van der Waals surface area (Å²) in [4.78, 5) is 7.93. The van der Waals surface area contributed by atoms with E-state index in [-0.39, 0.29) is 0 Å². The zero-order chi connectivity index (χ0) is 13.2. The lowest BCUT2D eigenvalue weighted by atomic mass is 10.1. The molecule has 5 heteroatoms. The molecule has 1 aromatic carbocycles. The van der Waals surface area contributed by atoms with Crippen molar-refractivity contribution in [3.05, 3.63) is 36.1 Å². The van der Waals surface area contributed by atoms with Crippen LogP contribution in [-0.2, 0) is 0 Å². The molecule has 0 saturated carbocycles. The molecule has 0 amide bonds. The van der Waals surface area contributed by atoms with Gasteiger partial charge in [-0.15, -0.1) is 11.8 Å². The van der Waals surface area contributed by atoms with Crippen molar-refractivity contribution in [1.29, 1.82) is 0 Å². The molecule has 0 fully saturated rings. The maximum absolute atomic E-state index is 4.92. The van der Waals surface area contributed by atoms with Crippen LogP contribution in [0.5, 0.6) is 0 Å². The van der Waals surface area contributed by atoms with Crippen LogP contribution in [0.25, 0.3) is 11.3 Å². The van der Waals surface area contributed by atoms with Gasteiger partial charge in [0.1, 0.15) is 17.8 Å². The smallest absolute Gasteiger partial charge is 0.130 e. The van der Waals surface area contributed by atoms with Crippen molar-refractivity contribution in [2.45, 2.75) is 4.90 Å². The Morgan fingerprint density at radius 1 is 1.32 bits per heavy atom. The maximum atomic E-state index is 4.92. The van der Waals surface area contributed by atoms with Gasteiger partial charge in [0.2, 0.25) is 0 Å². The number of likely N-dealkylation sites (N-methyl/N-ethyl adjacent to an activating group) is 1. The van der Waals surface area contributed by atoms with Crippen molar-refractivity contribution < 1.29 is 4.52 Å². The molecule has 0 atom stereocenters. The second kappa shape index (κ2) is 5.09. The fourth-order valence-electron chi connectivity index (χ4n) is 2.24. The number of benzene rings is 1. The van der Waals surface area contributed by atoms with Crippen LogP contribution in [0.1, 0.15) is 5.56 Å². The van der Waals surface area contributed by atoms with Gasteiger partial charge in [-0.25, -0.2) is 0 Å². The van der Waals surface area contributed by atoms with Crippen molar-refractivity contribution in [1.82, 2.24) is 10.1 Å². The number of aliphatic imine (C=N–C) groups is 1. The molecule has 1 aliphatic heterocycles. The Morgan fingerprint density at radius 3 is 2.84 bits per heavy atom. The summed E-state index contributed by atoms with van der Waals surface area (Å²) >= 11 is 1.71. The highest BCUT2D eigenvalue weighted by atomic mass is 32.2. The first-order valence-corrected chi connectivity index (χ1v) is 7.37. The van der Waals surface area contributed by atoms with E-state index in [4.69, 9.17) is 4.52 Å². The number of thioether (sulfide) groups is 1. The van der Waals surface area contributed by atoms with E-state index in [2.05, 4.69) is 46.6 Å². The molecule has 1 aliphatic rings. The summed E-state index contributed by atoms with van der Waals surface area (Å²) in [5, 5.41) is 4.01. The summed E-state index contributed by atoms with van der Waals surface area (Å²) in [6.45, 7) is 1.88. The number of hydrogen-bond acceptors (Lipinski definition) is 5. The van der Waals surface area contributed by atoms with Gasteiger partial charge in [0.05, 0.1) is 6.54 Å². The second-order valence-electron chi connectivity index (χ2n) is 4.43. The first-order valence-electron chi connectivity index (χ1n) is 6.14. The van der Waals surface area contributed by atoms with E-state index in [0.29, 0.717) is 0 Å². The first-order chi connectivity index (χ1) is 9.29. The van der Waals surface area contributed by atoms with Crippen LogP contribution in [0.4, 0.5) is 0 Å². The van der Waals surface area contributed by atoms with Crippen molar-refractivity contribution in [2.24, 2.45) is 4.99 Å². The highest BCUT2D eigenvalue weighted by Crippen LogP contribution is 2.30. The topological polar surface area (TPSA) is 41.6 Å². The molecular formula is C14H15N3OS. The van der Waals surface area contributed by atoms with Crippen molar-refractivity contribution >= 4 is 17.6 Å². The lowest BCUT2D eigenvalue weighted by molar-refractivity contribution is 0.422. The maximum Gasteiger partial charge on any atom is 0.130 e. The van der Waals surface area contributed by atoms with E-state index in [1.807, 2.05) is 6.07 Å². The lowest BCUT2D eigenvalue weighted by Crippen LogP contribution is -2.23. The molecule has 98 valence electrons. The molecule has 1 aromatic heterocycles. The summed E-state index contributed by atoms with van der Waals surface area (Å²) in [6.07, 6.45) is 3.67. The second-order valence-corrected chi connectivity index (χ2v) is 5.27. The van der Waals surface area contributed by atoms with Crippen LogP contribution in [0.2, 0.25) is 0 Å². The molecule has 0 unspecified atom stereocenters. The number of rotatable bonds is 3. The van der Waals surface area contributed by atoms with Crippen LogP contribution in [0, 0.1) is 0 Å². The fourth-order valence-corrected chi connectivity index (χ4v) is 2.87. The third kappa shape index (κ3) is 2.26. The van der Waals surface area contributed by atoms with Crippen molar-refractivity contribution in [3.8, 4) is 11.3 Å². The third-order valence-electron chi connectivity index (χ3n) is 3.23. The Balaban J connectivity index is 2.02. The van der Waals surface area contributed by atoms with Gasteiger partial charge in [0, 0.05) is 35.7 Å². The molecule has 0 radical (unpaired) electrons. The minimum atomic E-state index is 0.873. The van der Waals surface area contributed by atoms with E-state index in [0.717, 1.165) is 35.7 Å². The van der Waals surface area contributed by atoms with Gasteiger partial charge in [-0.05, 0) is 12.3 Å². The molecule has 0 bridgehead atoms. The zero-order valence-corrected chi connectivity index (χ0v) is 11.8. The molecule has 0 spiro atoms. The Hall–Kier alpha value is -1.75. The Kier molecular flexibility index (Phi) is 3.29. The molecule has 3 rings (SSSR count). The monoisotopic (exact) mass is 273 g/mol. The van der Waals surface area contributed by atoms with E-state index in [1.165, 1.54) is 4.90 Å². The van der Waals surface area contributed by atoms with Gasteiger partial charge in [0.25, 0.3) is 0 Å². The number of aromatic nitrogens is 1. The number of amidine groups is 1. The number of hydrogen-bond donors (Lipinski definition) is 0. The largest absolute Gasteiger partial charge is 0.364 e. The SMILES string of the molecule is CSc1cc(C2=NCCN2C)ccc1-c1ccon1. The minimum Gasteiger partial charge on any atom is -0.364 e. The van der Waals surface area contributed by atoms with Gasteiger partial charge in [0.15, 0.2) is 0 Å². The fraction of sp³-hybridized carbons (Fsp3) is 0.286. The van der Waals surface area contributed by atoms with Crippen LogP contribution in [0.15, 0.2) is 44.9 Å². The molecule has 2 heterocycles. The van der Waals surface area contributed by atoms with Gasteiger partial charge < -0.3 is 9.42 Å². The van der Waals surface area contributed by atoms with Crippen LogP contribution < -0.4 is 0 Å². The van der Waals surface area contributed by atoms with Crippen molar-refractivity contribution in [2.75, 3.05) is 26.4 Å². The summed E-state index contributed by atoms with van der Waals surface area (Å²) in [5.41, 5.74) is 3.14. The molecule has 2 aromatic rings. The Morgan fingerprint density at radius 2 is 2.21 bits per heavy atom. The average molecular weight is 273 g/mol. The lowest BCUT2D eigenvalue weighted by Gasteiger charge is -2.15. The average Bonchev–Trinajstić information content (AvgIpc) is 3.09. The summed E-state index contributed by atoms with van der Waals surface area (Å²) < 4.78 is 4.92. The Bertz CT molecular complexity index is 607. The van der Waals surface area contributed by atoms with Crippen LogP contribution in [0.3, 0.4) is 0 Å². The van der Waals surface area contributed by atoms with Gasteiger partial charge in [-0.1, -0.05) is 17.3 Å². The molecule has 0 saturated heterocycles. The molecule has 4 nitrogen and oxygen atoms in total. The highest BCUT2D eigenvalue weighted by molar-refractivity contribution is 7.98. The normalized spacial score (nSPS) is 14.8. The summed E-state index contributed by atoms with van der Waals surface area (Å²) in [6, 6.07) is 8.25. The highest BCUT2D eigenvalue weighted by Gasteiger charge is 2.16. The van der Waals surface area contributed by atoms with E-state index < -0.39 is 0 Å². The summed E-state index contributed by atoms with van der Waals surface area (Å²) in [5.74, 6) is 1.07. The van der Waals surface area contributed by atoms with E-state index in [1.54, 1.807) is 18.0 Å². The van der Waals surface area contributed by atoms with Crippen LogP contribution in [-0.4, -0.2) is 42.3 Å².